The molecule has 2 N–H and O–H groups in total. The number of ether oxygens (including phenoxy) is 1. The van der Waals surface area contributed by atoms with Crippen molar-refractivity contribution < 1.29 is 19.7 Å². The summed E-state index contributed by atoms with van der Waals surface area (Å²) in [6, 6.07) is 12.4. The van der Waals surface area contributed by atoms with Crippen LogP contribution in [0.4, 0.5) is 0 Å². The van der Waals surface area contributed by atoms with Gasteiger partial charge in [-0.05, 0) is 61.7 Å². The lowest BCUT2D eigenvalue weighted by Gasteiger charge is -2.08. The smallest absolute Gasteiger partial charge is 0.170 e. The zero-order valence-corrected chi connectivity index (χ0v) is 21.2. The Labute approximate surface area is 210 Å². The minimum absolute atomic E-state index is 0.0621. The topological polar surface area (TPSA) is 90.5 Å². The standard InChI is InChI=1S/C30H41NO4/c1-24-21-28(33)30(29(34)22-24)27(32)15-13-11-9-7-5-3-2-4-6-8-10-12-14-20-35-26-18-16-25(23-31)17-19-26/h16-19,21-22,33-34H,2-15,20H2,1H3. The van der Waals surface area contributed by atoms with Crippen molar-refractivity contribution in [2.75, 3.05) is 6.61 Å². The molecule has 0 aromatic heterocycles. The van der Waals surface area contributed by atoms with Crippen LogP contribution in [0.2, 0.25) is 0 Å². The summed E-state index contributed by atoms with van der Waals surface area (Å²) in [4.78, 5) is 12.3. The van der Waals surface area contributed by atoms with Crippen LogP contribution in [0.3, 0.4) is 0 Å². The molecule has 0 aliphatic heterocycles. The maximum absolute atomic E-state index is 12.3. The molecule has 190 valence electrons. The quantitative estimate of drug-likeness (QED) is 0.167. The molecule has 0 fully saturated rings. The lowest BCUT2D eigenvalue weighted by Crippen LogP contribution is -2.00. The number of Topliss-reactive ketones (excluding diaryl/α,β-unsaturated/α-hetero) is 1. The number of phenols is 2. The SMILES string of the molecule is Cc1cc(O)c(C(=O)CCCCCCCCCCCCCCCOc2ccc(C#N)cc2)c(O)c1. The van der Waals surface area contributed by atoms with E-state index in [4.69, 9.17) is 10.00 Å². The molecule has 0 aliphatic carbocycles. The van der Waals surface area contributed by atoms with Crippen molar-refractivity contribution in [3.63, 3.8) is 0 Å². The molecule has 0 unspecified atom stereocenters. The molecule has 0 aliphatic rings. The number of aryl methyl sites for hydroxylation is 1. The maximum Gasteiger partial charge on any atom is 0.170 e. The molecule has 0 radical (unpaired) electrons. The number of benzene rings is 2. The van der Waals surface area contributed by atoms with E-state index in [1.54, 1.807) is 19.1 Å². The van der Waals surface area contributed by atoms with Crippen molar-refractivity contribution in [1.82, 2.24) is 0 Å². The van der Waals surface area contributed by atoms with E-state index in [-0.39, 0.29) is 22.8 Å². The molecule has 0 atom stereocenters. The van der Waals surface area contributed by atoms with Crippen LogP contribution in [0.15, 0.2) is 36.4 Å². The van der Waals surface area contributed by atoms with Crippen LogP contribution < -0.4 is 4.74 Å². The highest BCUT2D eigenvalue weighted by Crippen LogP contribution is 2.30. The first-order valence-corrected chi connectivity index (χ1v) is 13.2. The molecule has 0 spiro atoms. The number of phenolic OH excluding ortho intramolecular Hbond substituents is 2. The minimum atomic E-state index is -0.182. The summed E-state index contributed by atoms with van der Waals surface area (Å²) in [5, 5.41) is 28.7. The normalized spacial score (nSPS) is 10.7. The number of nitrogens with zero attached hydrogens (tertiary/aromatic N) is 1. The lowest BCUT2D eigenvalue weighted by atomic mass is 10.00. The highest BCUT2D eigenvalue weighted by molar-refractivity contribution is 6.01. The van der Waals surface area contributed by atoms with Gasteiger partial charge in [0.1, 0.15) is 22.8 Å². The van der Waals surface area contributed by atoms with Crippen molar-refractivity contribution in [2.24, 2.45) is 0 Å². The molecule has 0 heterocycles. The van der Waals surface area contributed by atoms with Crippen LogP contribution in [-0.4, -0.2) is 22.6 Å². The van der Waals surface area contributed by atoms with Gasteiger partial charge in [0, 0.05) is 6.42 Å². The van der Waals surface area contributed by atoms with Gasteiger partial charge in [-0.15, -0.1) is 0 Å². The number of carbonyl (C=O) groups excluding carboxylic acids is 1. The number of hydrogen-bond donors (Lipinski definition) is 2. The van der Waals surface area contributed by atoms with Crippen molar-refractivity contribution in [2.45, 2.75) is 96.8 Å². The summed E-state index contributed by atoms with van der Waals surface area (Å²) in [5.74, 6) is 0.404. The Bertz CT molecular complexity index is 907. The molecule has 2 aromatic rings. The Kier molecular flexibility index (Phi) is 13.4. The third-order valence-electron chi connectivity index (χ3n) is 6.32. The number of unbranched alkanes of at least 4 members (excludes halogenated alkanes) is 12. The van der Waals surface area contributed by atoms with Gasteiger partial charge < -0.3 is 14.9 Å². The van der Waals surface area contributed by atoms with Gasteiger partial charge >= 0.3 is 0 Å². The summed E-state index contributed by atoms with van der Waals surface area (Å²) in [6.07, 6.45) is 15.7. The Morgan fingerprint density at radius 2 is 1.23 bits per heavy atom. The Morgan fingerprint density at radius 3 is 1.71 bits per heavy atom. The van der Waals surface area contributed by atoms with Crippen LogP contribution in [-0.2, 0) is 0 Å². The fourth-order valence-corrected chi connectivity index (χ4v) is 4.31. The Balaban J connectivity index is 1.35. The molecule has 0 bridgehead atoms. The molecule has 0 amide bonds. The highest BCUT2D eigenvalue weighted by Gasteiger charge is 2.16. The summed E-state index contributed by atoms with van der Waals surface area (Å²) in [6.45, 7) is 2.50. The summed E-state index contributed by atoms with van der Waals surface area (Å²) in [5.41, 5.74) is 1.45. The van der Waals surface area contributed by atoms with Crippen molar-refractivity contribution in [3.05, 3.63) is 53.1 Å². The molecule has 2 aromatic carbocycles. The fourth-order valence-electron chi connectivity index (χ4n) is 4.31. The van der Waals surface area contributed by atoms with Crippen molar-refractivity contribution >= 4 is 5.78 Å². The molecular formula is C30H41NO4. The average Bonchev–Trinajstić information content (AvgIpc) is 2.83. The first-order valence-electron chi connectivity index (χ1n) is 13.2. The second-order valence-electron chi connectivity index (χ2n) is 9.43. The van der Waals surface area contributed by atoms with E-state index in [1.165, 1.54) is 69.9 Å². The van der Waals surface area contributed by atoms with E-state index in [0.29, 0.717) is 12.0 Å². The molecule has 0 saturated carbocycles. The second-order valence-corrected chi connectivity index (χ2v) is 9.43. The van der Waals surface area contributed by atoms with Crippen LogP contribution in [0.5, 0.6) is 17.2 Å². The predicted octanol–water partition coefficient (Wildman–Crippen LogP) is 8.00. The number of rotatable bonds is 18. The Hall–Kier alpha value is -3.00. The van der Waals surface area contributed by atoms with Gasteiger partial charge in [-0.25, -0.2) is 0 Å². The van der Waals surface area contributed by atoms with E-state index < -0.39 is 0 Å². The monoisotopic (exact) mass is 479 g/mol. The Morgan fingerprint density at radius 1 is 0.771 bits per heavy atom. The van der Waals surface area contributed by atoms with Gasteiger partial charge in [0.05, 0.1) is 18.2 Å². The number of hydrogen-bond acceptors (Lipinski definition) is 5. The number of ketones is 1. The summed E-state index contributed by atoms with van der Waals surface area (Å²) < 4.78 is 5.71. The van der Waals surface area contributed by atoms with Gasteiger partial charge in [0.15, 0.2) is 5.78 Å². The largest absolute Gasteiger partial charge is 0.507 e. The van der Waals surface area contributed by atoms with E-state index in [0.717, 1.165) is 43.6 Å². The van der Waals surface area contributed by atoms with E-state index in [2.05, 4.69) is 6.07 Å². The second kappa shape index (κ2) is 16.6. The average molecular weight is 480 g/mol. The van der Waals surface area contributed by atoms with Crippen LogP contribution in [0.25, 0.3) is 0 Å². The van der Waals surface area contributed by atoms with Crippen LogP contribution in [0, 0.1) is 18.3 Å². The number of nitriles is 1. The highest BCUT2D eigenvalue weighted by atomic mass is 16.5. The van der Waals surface area contributed by atoms with Crippen LogP contribution in [0.1, 0.15) is 111 Å². The predicted molar refractivity (Wildman–Crippen MR) is 140 cm³/mol. The first-order chi connectivity index (χ1) is 17.0. The molecule has 0 saturated heterocycles. The third kappa shape index (κ3) is 11.3. The number of aromatic hydroxyl groups is 2. The molecule has 5 heteroatoms. The van der Waals surface area contributed by atoms with E-state index in [9.17, 15) is 15.0 Å². The van der Waals surface area contributed by atoms with Crippen molar-refractivity contribution in [1.29, 1.82) is 5.26 Å². The summed E-state index contributed by atoms with van der Waals surface area (Å²) in [7, 11) is 0. The number of carbonyl (C=O) groups is 1. The van der Waals surface area contributed by atoms with Gasteiger partial charge in [-0.1, -0.05) is 70.6 Å². The zero-order valence-electron chi connectivity index (χ0n) is 21.2. The molecule has 5 nitrogen and oxygen atoms in total. The van der Waals surface area contributed by atoms with Gasteiger partial charge in [0.2, 0.25) is 0 Å². The summed E-state index contributed by atoms with van der Waals surface area (Å²) >= 11 is 0. The van der Waals surface area contributed by atoms with E-state index in [1.807, 2.05) is 12.1 Å². The molecule has 2 rings (SSSR count). The van der Waals surface area contributed by atoms with Gasteiger partial charge in [0.25, 0.3) is 0 Å². The van der Waals surface area contributed by atoms with E-state index >= 15 is 0 Å². The first kappa shape index (κ1) is 28.2. The maximum atomic E-state index is 12.3. The lowest BCUT2D eigenvalue weighted by molar-refractivity contribution is 0.0973. The minimum Gasteiger partial charge on any atom is -0.507 e. The molecule has 35 heavy (non-hydrogen) atoms. The fraction of sp³-hybridized carbons (Fsp3) is 0.533. The van der Waals surface area contributed by atoms with Crippen LogP contribution >= 0.6 is 0 Å². The van der Waals surface area contributed by atoms with Gasteiger partial charge in [-0.2, -0.15) is 5.26 Å². The van der Waals surface area contributed by atoms with Crippen molar-refractivity contribution in [3.8, 4) is 23.3 Å². The third-order valence-corrected chi connectivity index (χ3v) is 6.32. The zero-order chi connectivity index (χ0) is 25.3. The van der Waals surface area contributed by atoms with Gasteiger partial charge in [-0.3, -0.25) is 4.79 Å². The molecular weight excluding hydrogens is 438 g/mol.